The topological polar surface area (TPSA) is 43.1 Å². The minimum absolute atomic E-state index is 0.0777. The highest BCUT2D eigenvalue weighted by Gasteiger charge is 2.36. The minimum atomic E-state index is -0.191. The van der Waals surface area contributed by atoms with Gasteiger partial charge in [-0.05, 0) is 18.4 Å². The molecule has 0 spiro atoms. The summed E-state index contributed by atoms with van der Waals surface area (Å²) in [4.78, 5) is 10.3. The first-order valence-corrected chi connectivity index (χ1v) is 5.90. The van der Waals surface area contributed by atoms with Crippen molar-refractivity contribution >= 4 is 0 Å². The van der Waals surface area contributed by atoms with Gasteiger partial charge in [-0.3, -0.25) is 10.1 Å². The zero-order chi connectivity index (χ0) is 11.4. The number of rotatable bonds is 4. The maximum atomic E-state index is 10.5. The van der Waals surface area contributed by atoms with Gasteiger partial charge in [-0.25, -0.2) is 0 Å². The first kappa shape index (κ1) is 11.1. The first-order valence-electron chi connectivity index (χ1n) is 5.90. The van der Waals surface area contributed by atoms with E-state index in [0.717, 1.165) is 12.8 Å². The molecule has 0 heterocycles. The van der Waals surface area contributed by atoms with Crippen molar-refractivity contribution in [1.29, 1.82) is 0 Å². The van der Waals surface area contributed by atoms with E-state index in [9.17, 15) is 10.1 Å². The van der Waals surface area contributed by atoms with Gasteiger partial charge in [0.05, 0.1) is 0 Å². The van der Waals surface area contributed by atoms with E-state index in [2.05, 4.69) is 12.1 Å². The Morgan fingerprint density at radius 2 is 1.81 bits per heavy atom. The van der Waals surface area contributed by atoms with Gasteiger partial charge in [-0.2, -0.15) is 0 Å². The van der Waals surface area contributed by atoms with Gasteiger partial charge in [0, 0.05) is 16.8 Å². The van der Waals surface area contributed by atoms with Crippen LogP contribution in [0.15, 0.2) is 30.3 Å². The van der Waals surface area contributed by atoms with E-state index in [1.54, 1.807) is 0 Å². The molecule has 86 valence electrons. The Labute approximate surface area is 95.6 Å². The minimum Gasteiger partial charge on any atom is -0.265 e. The molecule has 0 unspecified atom stereocenters. The number of hydrogen-bond acceptors (Lipinski definition) is 2. The van der Waals surface area contributed by atoms with Crippen LogP contribution in [-0.4, -0.2) is 11.5 Å². The van der Waals surface area contributed by atoms with Gasteiger partial charge in [-0.1, -0.05) is 43.2 Å². The molecule has 1 saturated carbocycles. The van der Waals surface area contributed by atoms with Gasteiger partial charge in [0.1, 0.15) is 0 Å². The summed E-state index contributed by atoms with van der Waals surface area (Å²) < 4.78 is 0. The predicted molar refractivity (Wildman–Crippen MR) is 63.1 cm³/mol. The van der Waals surface area contributed by atoms with Crippen LogP contribution >= 0.6 is 0 Å². The fraction of sp³-hybridized carbons (Fsp3) is 0.538. The van der Waals surface area contributed by atoms with Crippen LogP contribution in [-0.2, 0) is 5.41 Å². The molecule has 2 rings (SSSR count). The average Bonchev–Trinajstić information content (AvgIpc) is 2.78. The largest absolute Gasteiger partial charge is 0.265 e. The third-order valence-electron chi connectivity index (χ3n) is 3.72. The lowest BCUT2D eigenvalue weighted by Gasteiger charge is -2.28. The van der Waals surface area contributed by atoms with Crippen LogP contribution in [0.5, 0.6) is 0 Å². The normalized spacial score (nSPS) is 18.5. The zero-order valence-electron chi connectivity index (χ0n) is 9.39. The summed E-state index contributed by atoms with van der Waals surface area (Å²) >= 11 is 0. The maximum Gasteiger partial charge on any atom is 0.204 e. The number of nitro groups is 1. The SMILES string of the molecule is O=[N+]([O-])CCC1(c2ccccc2)CCCC1. The van der Waals surface area contributed by atoms with Crippen LogP contribution in [0, 0.1) is 10.1 Å². The molecule has 1 aliphatic rings. The molecule has 0 N–H and O–H groups in total. The van der Waals surface area contributed by atoms with Crippen molar-refractivity contribution in [2.75, 3.05) is 6.54 Å². The lowest BCUT2D eigenvalue weighted by atomic mass is 9.76. The molecule has 0 bridgehead atoms. The standard InChI is InChI=1S/C13H17NO2/c15-14(16)11-10-13(8-4-5-9-13)12-6-2-1-3-7-12/h1-3,6-7H,4-5,8-11H2. The van der Waals surface area contributed by atoms with Crippen LogP contribution in [0.3, 0.4) is 0 Å². The van der Waals surface area contributed by atoms with E-state index in [0.29, 0.717) is 6.42 Å². The van der Waals surface area contributed by atoms with E-state index in [4.69, 9.17) is 0 Å². The molecular weight excluding hydrogens is 202 g/mol. The highest BCUT2D eigenvalue weighted by molar-refractivity contribution is 5.26. The summed E-state index contributed by atoms with van der Waals surface area (Å²) in [7, 11) is 0. The summed E-state index contributed by atoms with van der Waals surface area (Å²) in [5, 5.41) is 10.5. The van der Waals surface area contributed by atoms with Gasteiger partial charge in [-0.15, -0.1) is 0 Å². The van der Waals surface area contributed by atoms with E-state index >= 15 is 0 Å². The molecule has 0 amide bonds. The van der Waals surface area contributed by atoms with E-state index in [-0.39, 0.29) is 16.9 Å². The van der Waals surface area contributed by atoms with Crippen LogP contribution in [0.2, 0.25) is 0 Å². The second kappa shape index (κ2) is 4.64. The van der Waals surface area contributed by atoms with Crippen molar-refractivity contribution in [3.8, 4) is 0 Å². The van der Waals surface area contributed by atoms with Crippen molar-refractivity contribution in [1.82, 2.24) is 0 Å². The van der Waals surface area contributed by atoms with Crippen LogP contribution in [0.1, 0.15) is 37.7 Å². The Bertz CT molecular complexity index is 355. The van der Waals surface area contributed by atoms with E-state index in [1.165, 1.54) is 18.4 Å². The fourth-order valence-corrected chi connectivity index (χ4v) is 2.83. The predicted octanol–water partition coefficient (Wildman–Crippen LogP) is 3.17. The van der Waals surface area contributed by atoms with E-state index < -0.39 is 0 Å². The van der Waals surface area contributed by atoms with Gasteiger partial charge in [0.15, 0.2) is 0 Å². The molecule has 3 nitrogen and oxygen atoms in total. The van der Waals surface area contributed by atoms with Crippen LogP contribution in [0.4, 0.5) is 0 Å². The van der Waals surface area contributed by atoms with Crippen LogP contribution < -0.4 is 0 Å². The Morgan fingerprint density at radius 3 is 2.38 bits per heavy atom. The average molecular weight is 219 g/mol. The summed E-state index contributed by atoms with van der Waals surface area (Å²) in [6.45, 7) is 0.0922. The van der Waals surface area contributed by atoms with Crippen molar-refractivity contribution in [2.24, 2.45) is 0 Å². The Balaban J connectivity index is 2.19. The van der Waals surface area contributed by atoms with Crippen molar-refractivity contribution in [3.05, 3.63) is 46.0 Å². The lowest BCUT2D eigenvalue weighted by Crippen LogP contribution is -2.25. The highest BCUT2D eigenvalue weighted by Crippen LogP contribution is 2.43. The molecule has 0 atom stereocenters. The molecule has 0 radical (unpaired) electrons. The van der Waals surface area contributed by atoms with Crippen molar-refractivity contribution in [2.45, 2.75) is 37.5 Å². The number of benzene rings is 1. The quantitative estimate of drug-likeness (QED) is 0.576. The van der Waals surface area contributed by atoms with Gasteiger partial charge >= 0.3 is 0 Å². The smallest absolute Gasteiger partial charge is 0.204 e. The Morgan fingerprint density at radius 1 is 1.19 bits per heavy atom. The van der Waals surface area contributed by atoms with Crippen molar-refractivity contribution in [3.63, 3.8) is 0 Å². The van der Waals surface area contributed by atoms with Gasteiger partial charge in [0.25, 0.3) is 0 Å². The zero-order valence-corrected chi connectivity index (χ0v) is 9.39. The Hall–Kier alpha value is -1.38. The third kappa shape index (κ3) is 2.23. The number of hydrogen-bond donors (Lipinski definition) is 0. The number of nitrogens with zero attached hydrogens (tertiary/aromatic N) is 1. The van der Waals surface area contributed by atoms with E-state index in [1.807, 2.05) is 18.2 Å². The Kier molecular flexibility index (Phi) is 3.22. The lowest BCUT2D eigenvalue weighted by molar-refractivity contribution is -0.482. The van der Waals surface area contributed by atoms with Gasteiger partial charge < -0.3 is 0 Å². The van der Waals surface area contributed by atoms with Gasteiger partial charge in [0.2, 0.25) is 6.54 Å². The molecule has 1 aliphatic carbocycles. The van der Waals surface area contributed by atoms with Crippen LogP contribution in [0.25, 0.3) is 0 Å². The maximum absolute atomic E-state index is 10.5. The summed E-state index contributed by atoms with van der Waals surface area (Å²) in [5.41, 5.74) is 1.36. The molecule has 3 heteroatoms. The molecule has 16 heavy (non-hydrogen) atoms. The summed E-state index contributed by atoms with van der Waals surface area (Å²) in [6.07, 6.45) is 5.29. The molecule has 1 aromatic carbocycles. The molecule has 1 fully saturated rings. The molecule has 0 saturated heterocycles. The molecule has 0 aromatic heterocycles. The second-order valence-corrected chi connectivity index (χ2v) is 4.66. The molecule has 0 aliphatic heterocycles. The third-order valence-corrected chi connectivity index (χ3v) is 3.72. The van der Waals surface area contributed by atoms with Crippen molar-refractivity contribution < 1.29 is 4.92 Å². The second-order valence-electron chi connectivity index (χ2n) is 4.66. The fourth-order valence-electron chi connectivity index (χ4n) is 2.83. The monoisotopic (exact) mass is 219 g/mol. The first-order chi connectivity index (χ1) is 7.73. The molecule has 1 aromatic rings. The highest BCUT2D eigenvalue weighted by atomic mass is 16.6. The summed E-state index contributed by atoms with van der Waals surface area (Å²) in [5.74, 6) is 0. The summed E-state index contributed by atoms with van der Waals surface area (Å²) in [6, 6.07) is 10.3. The molecular formula is C13H17NO2.